The second kappa shape index (κ2) is 4.25. The van der Waals surface area contributed by atoms with Gasteiger partial charge in [0.2, 0.25) is 11.8 Å². The first kappa shape index (κ1) is 13.2. The predicted molar refractivity (Wildman–Crippen MR) is 78.0 cm³/mol. The molecular weight excluding hydrogens is 284 g/mol. The van der Waals surface area contributed by atoms with Crippen LogP contribution < -0.4 is 4.90 Å². The summed E-state index contributed by atoms with van der Waals surface area (Å²) in [6, 6.07) is 4.50. The highest BCUT2D eigenvalue weighted by Crippen LogP contribution is 2.53. The number of carbonyl (C=O) groups is 2. The summed E-state index contributed by atoms with van der Waals surface area (Å²) in [6.45, 7) is 1.63. The number of hydrogen-bond donors (Lipinski definition) is 0. The fourth-order valence-electron chi connectivity index (χ4n) is 4.09. The third kappa shape index (κ3) is 1.55. The molecule has 1 aromatic carbocycles. The van der Waals surface area contributed by atoms with Crippen molar-refractivity contribution in [3.8, 4) is 0 Å². The van der Waals surface area contributed by atoms with E-state index in [9.17, 15) is 19.7 Å². The van der Waals surface area contributed by atoms with Gasteiger partial charge < -0.3 is 0 Å². The van der Waals surface area contributed by atoms with Crippen LogP contribution in [-0.2, 0) is 9.59 Å². The number of hydrogen-bond acceptors (Lipinski definition) is 4. The summed E-state index contributed by atoms with van der Waals surface area (Å²) < 4.78 is 0. The molecule has 22 heavy (non-hydrogen) atoms. The molecule has 6 nitrogen and oxygen atoms in total. The zero-order valence-electron chi connectivity index (χ0n) is 11.9. The number of carbonyl (C=O) groups excluding carboxylic acids is 2. The van der Waals surface area contributed by atoms with Crippen LogP contribution in [0.3, 0.4) is 0 Å². The van der Waals surface area contributed by atoms with Crippen molar-refractivity contribution >= 4 is 23.2 Å². The summed E-state index contributed by atoms with van der Waals surface area (Å²) in [7, 11) is 0. The van der Waals surface area contributed by atoms with Gasteiger partial charge in [0, 0.05) is 11.6 Å². The molecule has 112 valence electrons. The maximum absolute atomic E-state index is 12.7. The number of imide groups is 1. The van der Waals surface area contributed by atoms with Gasteiger partial charge in [-0.15, -0.1) is 0 Å². The quantitative estimate of drug-likeness (QED) is 0.363. The maximum atomic E-state index is 12.7. The Morgan fingerprint density at radius 3 is 2.27 bits per heavy atom. The van der Waals surface area contributed by atoms with Crippen molar-refractivity contribution in [2.75, 3.05) is 4.90 Å². The Morgan fingerprint density at radius 2 is 1.73 bits per heavy atom. The van der Waals surface area contributed by atoms with E-state index >= 15 is 0 Å². The van der Waals surface area contributed by atoms with Gasteiger partial charge in [-0.25, -0.2) is 4.90 Å². The van der Waals surface area contributed by atoms with Gasteiger partial charge in [0.1, 0.15) is 0 Å². The molecular formula is C16H14N2O4. The minimum Gasteiger partial charge on any atom is -0.274 e. The molecule has 1 saturated heterocycles. The Hall–Kier alpha value is -2.50. The van der Waals surface area contributed by atoms with Crippen molar-refractivity contribution in [3.05, 3.63) is 46.0 Å². The zero-order valence-corrected chi connectivity index (χ0v) is 11.9. The van der Waals surface area contributed by atoms with Crippen LogP contribution in [-0.4, -0.2) is 16.7 Å². The summed E-state index contributed by atoms with van der Waals surface area (Å²) in [4.78, 5) is 37.0. The van der Waals surface area contributed by atoms with Gasteiger partial charge in [0.05, 0.1) is 22.4 Å². The van der Waals surface area contributed by atoms with Gasteiger partial charge >= 0.3 is 0 Å². The van der Waals surface area contributed by atoms with Crippen LogP contribution in [0, 0.1) is 40.7 Å². The molecule has 2 amide bonds. The van der Waals surface area contributed by atoms with Crippen molar-refractivity contribution in [2.24, 2.45) is 23.7 Å². The number of anilines is 1. The van der Waals surface area contributed by atoms with Crippen LogP contribution in [0.4, 0.5) is 11.4 Å². The van der Waals surface area contributed by atoms with Crippen molar-refractivity contribution in [2.45, 2.75) is 13.3 Å². The molecule has 0 spiro atoms. The average molecular weight is 298 g/mol. The van der Waals surface area contributed by atoms with E-state index < -0.39 is 4.92 Å². The third-order valence-corrected chi connectivity index (χ3v) is 5.12. The lowest BCUT2D eigenvalue weighted by Crippen LogP contribution is -2.32. The van der Waals surface area contributed by atoms with Gasteiger partial charge in [0.15, 0.2) is 0 Å². The molecule has 0 aromatic heterocycles. The Bertz CT molecular complexity index is 725. The molecule has 2 bridgehead atoms. The number of aryl methyl sites for hydroxylation is 1. The van der Waals surface area contributed by atoms with Crippen molar-refractivity contribution < 1.29 is 14.5 Å². The lowest BCUT2D eigenvalue weighted by atomic mass is 9.85. The number of allylic oxidation sites excluding steroid dienone is 2. The van der Waals surface area contributed by atoms with E-state index in [-0.39, 0.29) is 41.2 Å². The highest BCUT2D eigenvalue weighted by atomic mass is 16.6. The largest absolute Gasteiger partial charge is 0.274 e. The highest BCUT2D eigenvalue weighted by Gasteiger charge is 2.59. The molecule has 6 heteroatoms. The molecule has 1 aromatic rings. The van der Waals surface area contributed by atoms with Crippen LogP contribution in [0.15, 0.2) is 30.4 Å². The van der Waals surface area contributed by atoms with E-state index in [1.165, 1.54) is 6.07 Å². The van der Waals surface area contributed by atoms with Crippen molar-refractivity contribution in [1.29, 1.82) is 0 Å². The second-order valence-corrected chi connectivity index (χ2v) is 6.24. The van der Waals surface area contributed by atoms with Gasteiger partial charge in [0.25, 0.3) is 5.69 Å². The predicted octanol–water partition coefficient (Wildman–Crippen LogP) is 2.21. The average Bonchev–Trinajstić information content (AvgIpc) is 3.14. The summed E-state index contributed by atoms with van der Waals surface area (Å²) in [6.07, 6.45) is 4.92. The molecule has 1 saturated carbocycles. The Kier molecular flexibility index (Phi) is 2.55. The lowest BCUT2D eigenvalue weighted by molar-refractivity contribution is -0.385. The van der Waals surface area contributed by atoms with Crippen LogP contribution in [0.2, 0.25) is 0 Å². The number of benzene rings is 1. The normalized spacial score (nSPS) is 32.0. The van der Waals surface area contributed by atoms with Gasteiger partial charge in [-0.3, -0.25) is 19.7 Å². The maximum Gasteiger partial charge on any atom is 0.274 e. The molecule has 0 unspecified atom stereocenters. The molecule has 0 N–H and O–H groups in total. The van der Waals surface area contributed by atoms with Crippen molar-refractivity contribution in [3.63, 3.8) is 0 Å². The van der Waals surface area contributed by atoms with Gasteiger partial charge in [-0.2, -0.15) is 0 Å². The third-order valence-electron chi connectivity index (χ3n) is 5.12. The first-order valence-corrected chi connectivity index (χ1v) is 7.30. The molecule has 4 atom stereocenters. The molecule has 3 aliphatic rings. The summed E-state index contributed by atoms with van der Waals surface area (Å²) in [5.41, 5.74) is 0.743. The van der Waals surface area contributed by atoms with Gasteiger partial charge in [-0.1, -0.05) is 18.2 Å². The smallest absolute Gasteiger partial charge is 0.274 e. The first-order chi connectivity index (χ1) is 10.5. The minimum absolute atomic E-state index is 0.0729. The number of rotatable bonds is 2. The van der Waals surface area contributed by atoms with E-state index in [4.69, 9.17) is 0 Å². The summed E-state index contributed by atoms with van der Waals surface area (Å²) in [5, 5.41) is 11.1. The molecule has 4 rings (SSSR count). The number of nitro groups is 1. The molecule has 2 aliphatic carbocycles. The minimum atomic E-state index is -0.490. The van der Waals surface area contributed by atoms with E-state index in [1.807, 2.05) is 12.2 Å². The van der Waals surface area contributed by atoms with Crippen LogP contribution >= 0.6 is 0 Å². The standard InChI is InChI=1S/C16H14N2O4/c1-8-2-5-11(7-12(8)18(21)22)17-15(19)13-9-3-4-10(6-9)14(13)16(17)20/h2-5,7,9-10,13-14H,6H2,1H3/t9-,10-,13-,14+/m0/s1. The van der Waals surface area contributed by atoms with E-state index in [1.54, 1.807) is 19.1 Å². The molecule has 1 heterocycles. The van der Waals surface area contributed by atoms with Gasteiger partial charge in [-0.05, 0) is 31.2 Å². The lowest BCUT2D eigenvalue weighted by Gasteiger charge is -2.17. The fourth-order valence-corrected chi connectivity index (χ4v) is 4.09. The molecule has 2 fully saturated rings. The second-order valence-electron chi connectivity index (χ2n) is 6.24. The summed E-state index contributed by atoms with van der Waals surface area (Å²) in [5.74, 6) is -0.741. The fraction of sp³-hybridized carbons (Fsp3) is 0.375. The number of nitro benzene ring substituents is 1. The first-order valence-electron chi connectivity index (χ1n) is 7.30. The zero-order chi connectivity index (χ0) is 15.6. The van der Waals surface area contributed by atoms with E-state index in [0.717, 1.165) is 11.3 Å². The Morgan fingerprint density at radius 1 is 1.14 bits per heavy atom. The number of amides is 2. The van der Waals surface area contributed by atoms with Crippen LogP contribution in [0.1, 0.15) is 12.0 Å². The van der Waals surface area contributed by atoms with Crippen LogP contribution in [0.25, 0.3) is 0 Å². The van der Waals surface area contributed by atoms with Crippen LogP contribution in [0.5, 0.6) is 0 Å². The molecule has 1 aliphatic heterocycles. The highest BCUT2D eigenvalue weighted by molar-refractivity contribution is 6.22. The van der Waals surface area contributed by atoms with E-state index in [0.29, 0.717) is 11.3 Å². The SMILES string of the molecule is Cc1ccc(N2C(=O)[C@@H]3[C@H](C2=O)[C@H]2C=C[C@H]3C2)cc1[N+](=O)[O-]. The topological polar surface area (TPSA) is 80.5 Å². The number of nitrogens with zero attached hydrogens (tertiary/aromatic N) is 2. The molecule has 0 radical (unpaired) electrons. The summed E-state index contributed by atoms with van der Waals surface area (Å²) >= 11 is 0. The Labute approximate surface area is 126 Å². The van der Waals surface area contributed by atoms with E-state index in [2.05, 4.69) is 0 Å². The monoisotopic (exact) mass is 298 g/mol. The Balaban J connectivity index is 1.76. The number of fused-ring (bicyclic) bond motifs is 5. The van der Waals surface area contributed by atoms with Crippen molar-refractivity contribution in [1.82, 2.24) is 0 Å².